The Bertz CT molecular complexity index is 821. The van der Waals surface area contributed by atoms with Gasteiger partial charge in [-0.3, -0.25) is 4.79 Å². The molecule has 0 aliphatic heterocycles. The van der Waals surface area contributed by atoms with Gasteiger partial charge in [0.2, 0.25) is 5.91 Å². The summed E-state index contributed by atoms with van der Waals surface area (Å²) in [5.74, 6) is -0.0313. The summed E-state index contributed by atoms with van der Waals surface area (Å²) < 4.78 is 0. The molecule has 0 saturated carbocycles. The maximum Gasteiger partial charge on any atom is 0.220 e. The predicted octanol–water partition coefficient (Wildman–Crippen LogP) is 15.4. The molecule has 0 aliphatic rings. The van der Waals surface area contributed by atoms with Crippen molar-refractivity contribution in [3.63, 3.8) is 0 Å². The van der Waals surface area contributed by atoms with E-state index in [2.05, 4.69) is 55.6 Å². The van der Waals surface area contributed by atoms with Gasteiger partial charge in [0, 0.05) is 6.42 Å². The van der Waals surface area contributed by atoms with Gasteiger partial charge >= 0.3 is 0 Å². The molecule has 0 spiro atoms. The summed E-state index contributed by atoms with van der Waals surface area (Å²) >= 11 is 0. The fourth-order valence-electron chi connectivity index (χ4n) is 7.43. The fraction of sp³-hybridized carbons (Fsp3) is 0.860. The minimum Gasteiger partial charge on any atom is -0.394 e. The molecule has 2 atom stereocenters. The number of aliphatic hydroxyl groups excluding tert-OH is 2. The third-order valence-electron chi connectivity index (χ3n) is 11.2. The summed E-state index contributed by atoms with van der Waals surface area (Å²) in [6.45, 7) is 4.35. The van der Waals surface area contributed by atoms with Crippen LogP contribution in [-0.4, -0.2) is 34.9 Å². The molecule has 4 heteroatoms. The number of hydrogen-bond acceptors (Lipinski definition) is 3. The first kappa shape index (κ1) is 52.6. The molecule has 3 N–H and O–H groups in total. The third-order valence-corrected chi connectivity index (χ3v) is 11.2. The largest absolute Gasteiger partial charge is 0.394 e. The van der Waals surface area contributed by atoms with E-state index in [9.17, 15) is 15.0 Å². The average Bonchev–Trinajstić information content (AvgIpc) is 3.18. The van der Waals surface area contributed by atoms with Crippen LogP contribution in [0.2, 0.25) is 0 Å². The maximum absolute atomic E-state index is 12.4. The molecule has 0 aromatic rings. The summed E-state index contributed by atoms with van der Waals surface area (Å²) in [5, 5.41) is 23.2. The average molecular weight is 758 g/mol. The normalized spacial score (nSPS) is 13.2. The molecule has 0 bridgehead atoms. The van der Waals surface area contributed by atoms with Gasteiger partial charge in [0.05, 0.1) is 18.8 Å². The molecule has 1 amide bonds. The van der Waals surface area contributed by atoms with Crippen LogP contribution >= 0.6 is 0 Å². The zero-order chi connectivity index (χ0) is 39.3. The van der Waals surface area contributed by atoms with Crippen molar-refractivity contribution in [2.45, 2.75) is 270 Å². The number of rotatable bonds is 44. The Morgan fingerprint density at radius 1 is 0.444 bits per heavy atom. The van der Waals surface area contributed by atoms with Gasteiger partial charge in [-0.1, -0.05) is 237 Å². The van der Waals surface area contributed by atoms with Crippen molar-refractivity contribution >= 4 is 5.91 Å². The molecule has 0 heterocycles. The van der Waals surface area contributed by atoms with Gasteiger partial charge in [-0.2, -0.15) is 0 Å². The van der Waals surface area contributed by atoms with Crippen molar-refractivity contribution < 1.29 is 15.0 Å². The molecule has 0 radical (unpaired) electrons. The second kappa shape index (κ2) is 46.0. The number of hydrogen-bond donors (Lipinski definition) is 3. The number of amides is 1. The van der Waals surface area contributed by atoms with Crippen LogP contribution < -0.4 is 5.32 Å². The summed E-state index contributed by atoms with van der Waals surface area (Å²) in [6, 6.07) is -0.535. The molecule has 0 fully saturated rings. The van der Waals surface area contributed by atoms with Crippen LogP contribution in [0.25, 0.3) is 0 Å². The molecular formula is C50H95NO3. The number of carbonyl (C=O) groups excluding carboxylic acids is 1. The van der Waals surface area contributed by atoms with E-state index in [4.69, 9.17) is 0 Å². The van der Waals surface area contributed by atoms with Crippen LogP contribution in [0, 0.1) is 0 Å². The fourth-order valence-corrected chi connectivity index (χ4v) is 7.43. The summed E-state index contributed by atoms with van der Waals surface area (Å²) in [6.07, 6.45) is 61.0. The molecule has 4 nitrogen and oxygen atoms in total. The molecule has 318 valence electrons. The second-order valence-corrected chi connectivity index (χ2v) is 16.5. The lowest BCUT2D eigenvalue weighted by atomic mass is 10.0. The SMILES string of the molecule is CCCCCCC/C=C\C/C=C\C/C=C\CCCCCCCCCCCCCCCCC(=O)NC(CO)C(O)CCCCCCCCCCCCCCC. The zero-order valence-electron chi connectivity index (χ0n) is 36.5. The van der Waals surface area contributed by atoms with E-state index in [1.165, 1.54) is 193 Å². The maximum atomic E-state index is 12.4. The molecule has 2 unspecified atom stereocenters. The van der Waals surface area contributed by atoms with E-state index in [1.807, 2.05) is 0 Å². The lowest BCUT2D eigenvalue weighted by Gasteiger charge is -2.22. The highest BCUT2D eigenvalue weighted by atomic mass is 16.3. The van der Waals surface area contributed by atoms with Gasteiger partial charge in [-0.15, -0.1) is 0 Å². The van der Waals surface area contributed by atoms with Crippen molar-refractivity contribution in [1.82, 2.24) is 5.32 Å². The van der Waals surface area contributed by atoms with Gasteiger partial charge < -0.3 is 15.5 Å². The van der Waals surface area contributed by atoms with Crippen LogP contribution in [0.4, 0.5) is 0 Å². The Morgan fingerprint density at radius 3 is 1.13 bits per heavy atom. The summed E-state index contributed by atoms with van der Waals surface area (Å²) in [5.41, 5.74) is 0. The highest BCUT2D eigenvalue weighted by Gasteiger charge is 2.20. The second-order valence-electron chi connectivity index (χ2n) is 16.5. The Kier molecular flexibility index (Phi) is 44.8. The quantitative estimate of drug-likeness (QED) is 0.0428. The Labute approximate surface area is 338 Å². The molecule has 0 aromatic carbocycles. The van der Waals surface area contributed by atoms with Crippen molar-refractivity contribution in [2.75, 3.05) is 6.61 Å². The lowest BCUT2D eigenvalue weighted by molar-refractivity contribution is -0.123. The Balaban J connectivity index is 3.47. The number of carbonyl (C=O) groups is 1. The summed E-state index contributed by atoms with van der Waals surface area (Å²) in [4.78, 5) is 12.4. The highest BCUT2D eigenvalue weighted by molar-refractivity contribution is 5.76. The van der Waals surface area contributed by atoms with Gasteiger partial charge in [0.1, 0.15) is 0 Å². The first-order chi connectivity index (χ1) is 26.7. The molecule has 0 rings (SSSR count). The number of allylic oxidation sites excluding steroid dienone is 6. The van der Waals surface area contributed by atoms with Crippen LogP contribution in [0.15, 0.2) is 36.5 Å². The Hall–Kier alpha value is -1.39. The smallest absolute Gasteiger partial charge is 0.220 e. The zero-order valence-corrected chi connectivity index (χ0v) is 36.5. The van der Waals surface area contributed by atoms with E-state index in [0.29, 0.717) is 12.8 Å². The first-order valence-corrected chi connectivity index (χ1v) is 24.2. The van der Waals surface area contributed by atoms with Crippen molar-refractivity contribution in [3.8, 4) is 0 Å². The van der Waals surface area contributed by atoms with Gasteiger partial charge in [0.25, 0.3) is 0 Å². The molecular weight excluding hydrogens is 663 g/mol. The Morgan fingerprint density at radius 2 is 0.759 bits per heavy atom. The van der Waals surface area contributed by atoms with Crippen LogP contribution in [-0.2, 0) is 4.79 Å². The molecule has 54 heavy (non-hydrogen) atoms. The third kappa shape index (κ3) is 41.8. The van der Waals surface area contributed by atoms with E-state index in [0.717, 1.165) is 38.5 Å². The van der Waals surface area contributed by atoms with Gasteiger partial charge in [-0.05, 0) is 51.4 Å². The summed E-state index contributed by atoms with van der Waals surface area (Å²) in [7, 11) is 0. The molecule has 0 saturated heterocycles. The van der Waals surface area contributed by atoms with Crippen LogP contribution in [0.3, 0.4) is 0 Å². The van der Waals surface area contributed by atoms with E-state index in [-0.39, 0.29) is 12.5 Å². The van der Waals surface area contributed by atoms with E-state index < -0.39 is 12.1 Å². The topological polar surface area (TPSA) is 69.6 Å². The van der Waals surface area contributed by atoms with Gasteiger partial charge in [0.15, 0.2) is 0 Å². The van der Waals surface area contributed by atoms with Crippen molar-refractivity contribution in [2.24, 2.45) is 0 Å². The lowest BCUT2D eigenvalue weighted by Crippen LogP contribution is -2.45. The monoisotopic (exact) mass is 758 g/mol. The van der Waals surface area contributed by atoms with Crippen LogP contribution in [0.1, 0.15) is 258 Å². The van der Waals surface area contributed by atoms with Crippen molar-refractivity contribution in [3.05, 3.63) is 36.5 Å². The van der Waals surface area contributed by atoms with Crippen molar-refractivity contribution in [1.29, 1.82) is 0 Å². The minimum atomic E-state index is -0.658. The standard InChI is InChI=1S/C50H95NO3/c1-3-5-7-9-11-13-15-17-18-19-20-21-22-23-24-25-26-27-28-29-30-31-32-34-36-38-40-42-44-46-50(54)51-48(47-52)49(53)45-43-41-39-37-35-33-16-14-12-10-8-6-4-2/h15,17,19-20,22-23,48-49,52-53H,3-14,16,18,21,24-47H2,1-2H3,(H,51,54)/b17-15-,20-19-,23-22-. The molecule has 0 aromatic heterocycles. The van der Waals surface area contributed by atoms with Gasteiger partial charge in [-0.25, -0.2) is 0 Å². The number of unbranched alkanes of at least 4 members (excludes halogenated alkanes) is 31. The first-order valence-electron chi connectivity index (χ1n) is 24.2. The minimum absolute atomic E-state index is 0.0313. The highest BCUT2D eigenvalue weighted by Crippen LogP contribution is 2.16. The number of nitrogens with one attached hydrogen (secondary N) is 1. The van der Waals surface area contributed by atoms with E-state index >= 15 is 0 Å². The number of aliphatic hydroxyl groups is 2. The predicted molar refractivity (Wildman–Crippen MR) is 239 cm³/mol. The van der Waals surface area contributed by atoms with Crippen LogP contribution in [0.5, 0.6) is 0 Å². The van der Waals surface area contributed by atoms with E-state index in [1.54, 1.807) is 0 Å². The molecule has 0 aliphatic carbocycles.